The van der Waals surface area contributed by atoms with Gasteiger partial charge in [-0.25, -0.2) is 4.98 Å². The van der Waals surface area contributed by atoms with Gasteiger partial charge >= 0.3 is 0 Å². The molecule has 31 heavy (non-hydrogen) atoms. The van der Waals surface area contributed by atoms with Crippen molar-refractivity contribution in [2.75, 3.05) is 0 Å². The number of imidazole rings is 1. The van der Waals surface area contributed by atoms with Gasteiger partial charge in [0.1, 0.15) is 5.82 Å². The number of benzene rings is 4. The Morgan fingerprint density at radius 2 is 1.23 bits per heavy atom. The molecule has 1 heterocycles. The first-order valence-corrected chi connectivity index (χ1v) is 10.8. The number of H-pyrrole nitrogens is 1. The Balaban J connectivity index is 1.77. The van der Waals surface area contributed by atoms with Crippen LogP contribution in [0.1, 0.15) is 26.3 Å². The van der Waals surface area contributed by atoms with Crippen LogP contribution in [-0.2, 0) is 5.41 Å². The number of aromatic amines is 1. The lowest BCUT2D eigenvalue weighted by Gasteiger charge is -2.18. The number of hydrogen-bond acceptors (Lipinski definition) is 1. The summed E-state index contributed by atoms with van der Waals surface area (Å²) in [6.07, 6.45) is 0. The second-order valence-electron chi connectivity index (χ2n) is 9.03. The van der Waals surface area contributed by atoms with Crippen LogP contribution in [-0.4, -0.2) is 9.97 Å². The summed E-state index contributed by atoms with van der Waals surface area (Å²) in [5.41, 5.74) is 9.30. The highest BCUT2D eigenvalue weighted by Gasteiger charge is 2.19. The van der Waals surface area contributed by atoms with Gasteiger partial charge in [-0.2, -0.15) is 0 Å². The molecule has 5 aromatic rings. The topological polar surface area (TPSA) is 28.7 Å². The van der Waals surface area contributed by atoms with E-state index >= 15 is 0 Å². The molecule has 5 rings (SSSR count). The molecule has 0 radical (unpaired) electrons. The van der Waals surface area contributed by atoms with Crippen LogP contribution in [0, 0.1) is 0 Å². The van der Waals surface area contributed by atoms with E-state index in [9.17, 15) is 0 Å². The number of nitrogens with one attached hydrogen (secondary N) is 1. The first kappa shape index (κ1) is 19.3. The van der Waals surface area contributed by atoms with Crippen molar-refractivity contribution < 1.29 is 0 Å². The first-order chi connectivity index (χ1) is 15.0. The largest absolute Gasteiger partial charge is 0.338 e. The van der Waals surface area contributed by atoms with Gasteiger partial charge in [0.2, 0.25) is 0 Å². The molecule has 0 saturated carbocycles. The van der Waals surface area contributed by atoms with Crippen LogP contribution in [0.2, 0.25) is 0 Å². The predicted molar refractivity (Wildman–Crippen MR) is 131 cm³/mol. The number of hydrogen-bond donors (Lipinski definition) is 1. The first-order valence-electron chi connectivity index (χ1n) is 10.8. The lowest BCUT2D eigenvalue weighted by atomic mass is 9.87. The van der Waals surface area contributed by atoms with Gasteiger partial charge in [-0.15, -0.1) is 0 Å². The van der Waals surface area contributed by atoms with Crippen molar-refractivity contribution in [3.63, 3.8) is 0 Å². The van der Waals surface area contributed by atoms with Crippen LogP contribution in [0.3, 0.4) is 0 Å². The lowest BCUT2D eigenvalue weighted by molar-refractivity contribution is 0.591. The third-order valence-electron chi connectivity index (χ3n) is 5.82. The summed E-state index contributed by atoms with van der Waals surface area (Å²) in [6, 6.07) is 34.2. The second-order valence-corrected chi connectivity index (χ2v) is 9.03. The van der Waals surface area contributed by atoms with E-state index in [1.807, 2.05) is 0 Å². The highest BCUT2D eigenvalue weighted by atomic mass is 14.9. The predicted octanol–water partition coefficient (Wildman–Crippen LogP) is 7.86. The summed E-state index contributed by atoms with van der Waals surface area (Å²) >= 11 is 0. The summed E-state index contributed by atoms with van der Waals surface area (Å²) in [5, 5.41) is 0. The third kappa shape index (κ3) is 3.66. The SMILES string of the molecule is CC(C)(C)c1ccc2[nH]c(-c3c(-c4ccccc4)cccc3-c3ccccc3)nc2c1. The number of nitrogens with zero attached hydrogens (tertiary/aromatic N) is 1. The van der Waals surface area contributed by atoms with Crippen molar-refractivity contribution in [1.82, 2.24) is 9.97 Å². The van der Waals surface area contributed by atoms with Crippen LogP contribution in [0.15, 0.2) is 97.1 Å². The summed E-state index contributed by atoms with van der Waals surface area (Å²) in [4.78, 5) is 8.67. The van der Waals surface area contributed by atoms with Crippen LogP contribution in [0.4, 0.5) is 0 Å². The van der Waals surface area contributed by atoms with Crippen LogP contribution < -0.4 is 0 Å². The molecule has 0 atom stereocenters. The van der Waals surface area contributed by atoms with Gasteiger partial charge in [0.25, 0.3) is 0 Å². The Morgan fingerprint density at radius 1 is 0.645 bits per heavy atom. The molecule has 4 aromatic carbocycles. The molecule has 0 saturated heterocycles. The minimum absolute atomic E-state index is 0.0877. The molecular formula is C29H26N2. The fraction of sp³-hybridized carbons (Fsp3) is 0.138. The zero-order valence-electron chi connectivity index (χ0n) is 18.2. The smallest absolute Gasteiger partial charge is 0.139 e. The highest BCUT2D eigenvalue weighted by Crippen LogP contribution is 2.39. The fourth-order valence-corrected chi connectivity index (χ4v) is 4.11. The third-order valence-corrected chi connectivity index (χ3v) is 5.82. The zero-order valence-corrected chi connectivity index (χ0v) is 18.2. The molecule has 0 aliphatic rings. The van der Waals surface area contributed by atoms with Gasteiger partial charge in [0, 0.05) is 5.56 Å². The second kappa shape index (κ2) is 7.55. The molecule has 2 heteroatoms. The van der Waals surface area contributed by atoms with Crippen molar-refractivity contribution in [3.05, 3.63) is 103 Å². The van der Waals surface area contributed by atoms with E-state index in [-0.39, 0.29) is 5.41 Å². The lowest BCUT2D eigenvalue weighted by Crippen LogP contribution is -2.10. The average molecular weight is 403 g/mol. The van der Waals surface area contributed by atoms with Gasteiger partial charge in [0.15, 0.2) is 0 Å². The van der Waals surface area contributed by atoms with Crippen molar-refractivity contribution in [2.45, 2.75) is 26.2 Å². The summed E-state index contributed by atoms with van der Waals surface area (Å²) in [7, 11) is 0. The number of rotatable bonds is 3. The molecule has 2 nitrogen and oxygen atoms in total. The van der Waals surface area contributed by atoms with Gasteiger partial charge in [-0.1, -0.05) is 106 Å². The van der Waals surface area contributed by atoms with Crippen molar-refractivity contribution in [2.24, 2.45) is 0 Å². The van der Waals surface area contributed by atoms with Gasteiger partial charge in [0.05, 0.1) is 11.0 Å². The Hall–Kier alpha value is -3.65. The van der Waals surface area contributed by atoms with E-state index in [0.717, 1.165) is 22.4 Å². The van der Waals surface area contributed by atoms with Crippen molar-refractivity contribution in [3.8, 4) is 33.6 Å². The molecule has 1 N–H and O–H groups in total. The highest BCUT2D eigenvalue weighted by molar-refractivity contribution is 5.94. The van der Waals surface area contributed by atoms with E-state index in [0.29, 0.717) is 0 Å². The Kier molecular flexibility index (Phi) is 4.71. The quantitative estimate of drug-likeness (QED) is 0.327. The van der Waals surface area contributed by atoms with E-state index in [1.54, 1.807) is 0 Å². The van der Waals surface area contributed by atoms with Crippen molar-refractivity contribution in [1.29, 1.82) is 0 Å². The summed E-state index contributed by atoms with van der Waals surface area (Å²) < 4.78 is 0. The van der Waals surface area contributed by atoms with Gasteiger partial charge in [-0.05, 0) is 45.4 Å². The van der Waals surface area contributed by atoms with E-state index in [4.69, 9.17) is 4.98 Å². The Bertz CT molecular complexity index is 1280. The molecule has 1 aromatic heterocycles. The molecule has 0 amide bonds. The molecule has 0 aliphatic carbocycles. The Labute approximate surface area is 183 Å². The zero-order chi connectivity index (χ0) is 21.4. The summed E-state index contributed by atoms with van der Waals surface area (Å²) in [6.45, 7) is 6.71. The monoisotopic (exact) mass is 402 g/mol. The number of aromatic nitrogens is 2. The molecular weight excluding hydrogens is 376 g/mol. The maximum absolute atomic E-state index is 5.07. The average Bonchev–Trinajstić information content (AvgIpc) is 3.22. The minimum Gasteiger partial charge on any atom is -0.338 e. The fourth-order valence-electron chi connectivity index (χ4n) is 4.11. The standard InChI is InChI=1S/C29H26N2/c1-29(2,3)22-17-18-25-26(19-22)31-28(30-25)27-23(20-11-6-4-7-12-20)15-10-16-24(27)21-13-8-5-9-14-21/h4-19H,1-3H3,(H,30,31). The molecule has 152 valence electrons. The maximum atomic E-state index is 5.07. The Morgan fingerprint density at radius 3 is 1.77 bits per heavy atom. The minimum atomic E-state index is 0.0877. The number of fused-ring (bicyclic) bond motifs is 1. The van der Waals surface area contributed by atoms with Crippen LogP contribution >= 0.6 is 0 Å². The van der Waals surface area contributed by atoms with Crippen LogP contribution in [0.25, 0.3) is 44.7 Å². The molecule has 0 spiro atoms. The normalized spacial score (nSPS) is 11.7. The molecule has 0 fully saturated rings. The van der Waals surface area contributed by atoms with E-state index in [2.05, 4.69) is 123 Å². The van der Waals surface area contributed by atoms with Crippen LogP contribution in [0.5, 0.6) is 0 Å². The summed E-state index contributed by atoms with van der Waals surface area (Å²) in [5.74, 6) is 0.902. The molecule has 0 unspecified atom stereocenters. The van der Waals surface area contributed by atoms with Crippen molar-refractivity contribution >= 4 is 11.0 Å². The van der Waals surface area contributed by atoms with Gasteiger partial charge in [-0.3, -0.25) is 0 Å². The molecule has 0 bridgehead atoms. The maximum Gasteiger partial charge on any atom is 0.139 e. The van der Waals surface area contributed by atoms with Gasteiger partial charge < -0.3 is 4.98 Å². The van der Waals surface area contributed by atoms with E-state index in [1.165, 1.54) is 27.8 Å². The molecule has 0 aliphatic heterocycles. The van der Waals surface area contributed by atoms with E-state index < -0.39 is 0 Å².